The van der Waals surface area contributed by atoms with Crippen molar-refractivity contribution in [3.8, 4) is 17.5 Å². The highest BCUT2D eigenvalue weighted by molar-refractivity contribution is 5.65. The van der Waals surface area contributed by atoms with Gasteiger partial charge in [0.2, 0.25) is 0 Å². The van der Waals surface area contributed by atoms with Gasteiger partial charge in [-0.05, 0) is 0 Å². The molecule has 1 aromatic carbocycles. The summed E-state index contributed by atoms with van der Waals surface area (Å²) in [6, 6.07) is 2.06. The van der Waals surface area contributed by atoms with Crippen molar-refractivity contribution in [3.63, 3.8) is 0 Å². The van der Waals surface area contributed by atoms with Crippen LogP contribution in [0.2, 0.25) is 0 Å². The summed E-state index contributed by atoms with van der Waals surface area (Å²) in [6.45, 7) is 0. The molecule has 14 heteroatoms. The number of benzene rings is 1. The maximum absolute atomic E-state index is 12.6. The molecule has 27 heavy (non-hydrogen) atoms. The summed E-state index contributed by atoms with van der Waals surface area (Å²) in [7, 11) is 0. The lowest BCUT2D eigenvalue weighted by Gasteiger charge is -2.13. The number of nitro benzene ring substituents is 1. The van der Waals surface area contributed by atoms with Crippen LogP contribution in [-0.2, 0) is 6.18 Å². The number of hydrogen-bond acceptors (Lipinski definition) is 6. The van der Waals surface area contributed by atoms with Gasteiger partial charge in [0.1, 0.15) is 23.8 Å². The Bertz CT molecular complexity index is 1010. The third kappa shape index (κ3) is 4.32. The van der Waals surface area contributed by atoms with Gasteiger partial charge >= 0.3 is 12.5 Å². The molecular formula is C13H4F6N4O4. The quantitative estimate of drug-likeness (QED) is 0.450. The number of alkyl halides is 6. The highest BCUT2D eigenvalue weighted by atomic mass is 19.4. The Hall–Kier alpha value is -3.63. The fraction of sp³-hybridized carbons (Fsp3) is 0.154. The molecule has 2 aromatic rings. The number of nitrogens with zero attached hydrogens (tertiary/aromatic N) is 4. The highest BCUT2D eigenvalue weighted by Crippen LogP contribution is 2.34. The summed E-state index contributed by atoms with van der Waals surface area (Å²) < 4.78 is 78.4. The van der Waals surface area contributed by atoms with Gasteiger partial charge in [0.05, 0.1) is 16.6 Å². The summed E-state index contributed by atoms with van der Waals surface area (Å²) in [6.07, 6.45) is -9.93. The highest BCUT2D eigenvalue weighted by Gasteiger charge is 2.35. The maximum Gasteiger partial charge on any atom is 0.573 e. The molecule has 8 nitrogen and oxygen atoms in total. The average Bonchev–Trinajstić information content (AvgIpc) is 2.51. The Labute approximate surface area is 144 Å². The fourth-order valence-electron chi connectivity index (χ4n) is 1.99. The minimum atomic E-state index is -5.23. The monoisotopic (exact) mass is 394 g/mol. The molecule has 0 saturated heterocycles. The van der Waals surface area contributed by atoms with Gasteiger partial charge in [-0.2, -0.15) is 18.4 Å². The van der Waals surface area contributed by atoms with E-state index in [1.54, 1.807) is 0 Å². The molecule has 0 N–H and O–H groups in total. The molecule has 2 rings (SSSR count). The van der Waals surface area contributed by atoms with E-state index >= 15 is 0 Å². The lowest BCUT2D eigenvalue weighted by molar-refractivity contribution is -0.384. The van der Waals surface area contributed by atoms with Crippen molar-refractivity contribution in [2.45, 2.75) is 12.5 Å². The maximum atomic E-state index is 12.6. The van der Waals surface area contributed by atoms with Gasteiger partial charge in [-0.25, -0.2) is 4.98 Å². The number of ether oxygens (including phenoxy) is 1. The number of hydrogen-bond donors (Lipinski definition) is 0. The van der Waals surface area contributed by atoms with E-state index in [-0.39, 0.29) is 23.0 Å². The third-order valence-electron chi connectivity index (χ3n) is 2.96. The molecule has 0 atom stereocenters. The molecule has 0 fully saturated rings. The molecule has 0 unspecified atom stereocenters. The summed E-state index contributed by atoms with van der Waals surface area (Å²) in [4.78, 5) is 24.8. The van der Waals surface area contributed by atoms with Gasteiger partial charge < -0.3 is 4.74 Å². The Morgan fingerprint density at radius 1 is 1.19 bits per heavy atom. The normalized spacial score (nSPS) is 11.7. The van der Waals surface area contributed by atoms with Gasteiger partial charge in [0.15, 0.2) is 5.69 Å². The first-order valence-electron chi connectivity index (χ1n) is 6.48. The zero-order valence-electron chi connectivity index (χ0n) is 12.5. The van der Waals surface area contributed by atoms with Crippen LogP contribution in [-0.4, -0.2) is 20.8 Å². The summed E-state index contributed by atoms with van der Waals surface area (Å²) in [5, 5.41) is 20.2. The van der Waals surface area contributed by atoms with Crippen LogP contribution < -0.4 is 10.3 Å². The van der Waals surface area contributed by atoms with E-state index in [9.17, 15) is 41.3 Å². The van der Waals surface area contributed by atoms with E-state index in [1.165, 1.54) is 6.07 Å². The predicted molar refractivity (Wildman–Crippen MR) is 72.9 cm³/mol. The second kappa shape index (κ2) is 6.59. The molecule has 0 radical (unpaired) electrons. The average molecular weight is 394 g/mol. The van der Waals surface area contributed by atoms with E-state index in [2.05, 4.69) is 9.72 Å². The van der Waals surface area contributed by atoms with Crippen LogP contribution in [0, 0.1) is 21.4 Å². The van der Waals surface area contributed by atoms with Gasteiger partial charge in [-0.3, -0.25) is 19.5 Å². The van der Waals surface area contributed by atoms with Crippen molar-refractivity contribution in [2.75, 3.05) is 0 Å². The van der Waals surface area contributed by atoms with Crippen LogP contribution in [0.25, 0.3) is 5.69 Å². The Balaban J connectivity index is 2.75. The number of aromatic nitrogens is 2. The molecule has 142 valence electrons. The zero-order valence-corrected chi connectivity index (χ0v) is 12.5. The molecule has 0 amide bonds. The van der Waals surface area contributed by atoms with Crippen LogP contribution in [0.5, 0.6) is 5.75 Å². The Morgan fingerprint density at radius 3 is 2.26 bits per heavy atom. The number of rotatable bonds is 3. The number of halogens is 6. The largest absolute Gasteiger partial charge is 0.573 e. The van der Waals surface area contributed by atoms with Gasteiger partial charge in [-0.1, -0.05) is 0 Å². The first kappa shape index (κ1) is 19.7. The lowest BCUT2D eigenvalue weighted by Crippen LogP contribution is -2.24. The van der Waals surface area contributed by atoms with E-state index in [1.807, 2.05) is 0 Å². The molecule has 0 aliphatic heterocycles. The van der Waals surface area contributed by atoms with Crippen molar-refractivity contribution in [3.05, 3.63) is 56.3 Å². The second-order valence-electron chi connectivity index (χ2n) is 4.74. The van der Waals surface area contributed by atoms with Crippen LogP contribution in [0.3, 0.4) is 0 Å². The SMILES string of the molecule is N#Cc1cc(OC(F)(F)F)cc([N+](=O)[O-])c1-n1cnc(C(F)(F)F)cc1=O. The molecule has 0 spiro atoms. The second-order valence-corrected chi connectivity index (χ2v) is 4.74. The van der Waals surface area contributed by atoms with Crippen LogP contribution in [0.15, 0.2) is 29.3 Å². The number of nitriles is 1. The minimum Gasteiger partial charge on any atom is -0.405 e. The predicted octanol–water partition coefficient (Wildman–Crippen LogP) is 2.93. The summed E-state index contributed by atoms with van der Waals surface area (Å²) in [5.41, 5.74) is -5.91. The first-order chi connectivity index (χ1) is 12.3. The molecular weight excluding hydrogens is 390 g/mol. The number of nitro groups is 1. The van der Waals surface area contributed by atoms with Crippen molar-refractivity contribution in [1.82, 2.24) is 9.55 Å². The Morgan fingerprint density at radius 2 is 1.81 bits per heavy atom. The van der Waals surface area contributed by atoms with Crippen molar-refractivity contribution >= 4 is 5.69 Å². The van der Waals surface area contributed by atoms with Crippen molar-refractivity contribution < 1.29 is 36.0 Å². The lowest BCUT2D eigenvalue weighted by atomic mass is 10.1. The fourth-order valence-corrected chi connectivity index (χ4v) is 1.99. The van der Waals surface area contributed by atoms with E-state index in [0.29, 0.717) is 6.07 Å². The van der Waals surface area contributed by atoms with E-state index in [4.69, 9.17) is 5.26 Å². The van der Waals surface area contributed by atoms with Gasteiger partial charge in [0, 0.05) is 12.1 Å². The topological polar surface area (TPSA) is 111 Å². The molecule has 0 saturated carbocycles. The van der Waals surface area contributed by atoms with Crippen molar-refractivity contribution in [1.29, 1.82) is 5.26 Å². The van der Waals surface area contributed by atoms with E-state index in [0.717, 1.165) is 0 Å². The minimum absolute atomic E-state index is 0.0189. The zero-order chi connectivity index (χ0) is 20.6. The molecule has 0 aliphatic rings. The van der Waals surface area contributed by atoms with Crippen LogP contribution in [0.1, 0.15) is 11.3 Å². The van der Waals surface area contributed by atoms with Gasteiger partial charge in [-0.15, -0.1) is 13.2 Å². The Kier molecular flexibility index (Phi) is 4.81. The molecule has 0 aliphatic carbocycles. The smallest absolute Gasteiger partial charge is 0.405 e. The van der Waals surface area contributed by atoms with Gasteiger partial charge in [0.25, 0.3) is 11.2 Å². The third-order valence-corrected chi connectivity index (χ3v) is 2.96. The first-order valence-corrected chi connectivity index (χ1v) is 6.48. The van der Waals surface area contributed by atoms with Crippen molar-refractivity contribution in [2.24, 2.45) is 0 Å². The molecule has 0 bridgehead atoms. The van der Waals surface area contributed by atoms with Crippen LogP contribution >= 0.6 is 0 Å². The standard InChI is InChI=1S/C13H4F6N4O4/c14-12(15,16)9-3-10(24)22(5-21-9)11-6(4-20)1-7(27-13(17,18)19)2-8(11)23(25)26/h1-3,5H. The van der Waals surface area contributed by atoms with E-state index < -0.39 is 51.4 Å². The molecule has 1 aromatic heterocycles. The summed E-state index contributed by atoms with van der Waals surface area (Å²) >= 11 is 0. The van der Waals surface area contributed by atoms with Crippen LogP contribution in [0.4, 0.5) is 32.0 Å². The molecule has 1 heterocycles. The summed E-state index contributed by atoms with van der Waals surface area (Å²) in [5.74, 6) is -1.12.